The summed E-state index contributed by atoms with van der Waals surface area (Å²) in [5.74, 6) is 0. The van der Waals surface area contributed by atoms with Gasteiger partial charge in [-0.3, -0.25) is 9.97 Å². The van der Waals surface area contributed by atoms with Crippen LogP contribution in [0.3, 0.4) is 0 Å². The van der Waals surface area contributed by atoms with Crippen LogP contribution in [0.4, 0.5) is 5.69 Å². The number of aromatic nitrogens is 3. The van der Waals surface area contributed by atoms with Gasteiger partial charge in [-0.1, -0.05) is 84.9 Å². The molecule has 4 heterocycles. The highest BCUT2D eigenvalue weighted by Crippen LogP contribution is 2.41. The first kappa shape index (κ1) is 30.1. The Hall–Kier alpha value is -6.78. The molecule has 246 valence electrons. The summed E-state index contributed by atoms with van der Waals surface area (Å²) >= 11 is 0. The number of nitrogens with zero attached hydrogens (tertiary/aromatic N) is 4. The second kappa shape index (κ2) is 12.5. The number of fused-ring (bicyclic) bond motifs is 6. The lowest BCUT2D eigenvalue weighted by atomic mass is 9.90. The van der Waals surface area contributed by atoms with E-state index >= 15 is 0 Å². The van der Waals surface area contributed by atoms with Crippen molar-refractivity contribution >= 4 is 27.5 Å². The molecule has 4 heteroatoms. The van der Waals surface area contributed by atoms with E-state index in [2.05, 4.69) is 165 Å². The maximum Gasteiger partial charge on any atom is 0.0541 e. The molecule has 1 aliphatic heterocycles. The van der Waals surface area contributed by atoms with Crippen molar-refractivity contribution in [3.8, 4) is 50.2 Å². The van der Waals surface area contributed by atoms with Gasteiger partial charge in [0.15, 0.2) is 0 Å². The molecule has 4 nitrogen and oxygen atoms in total. The van der Waals surface area contributed by atoms with Gasteiger partial charge in [-0.25, -0.2) is 0 Å². The SMILES string of the molecule is c1ccc(N2Cc3cc(-n4c5ccccc5c5ccccc54)ccc3-c3cc(-c4cc(-c5cccnc5)cc(-c5cccnc5)c4)ccc3C2)cc1. The predicted octanol–water partition coefficient (Wildman–Crippen LogP) is 11.8. The summed E-state index contributed by atoms with van der Waals surface area (Å²) in [6.07, 6.45) is 7.52. The highest BCUT2D eigenvalue weighted by molar-refractivity contribution is 6.09. The van der Waals surface area contributed by atoms with Crippen LogP contribution in [0.2, 0.25) is 0 Å². The fraction of sp³-hybridized carbons (Fsp3) is 0.0417. The number of hydrogen-bond donors (Lipinski definition) is 0. The minimum absolute atomic E-state index is 0.802. The topological polar surface area (TPSA) is 34.0 Å². The molecule has 10 rings (SSSR count). The van der Waals surface area contributed by atoms with Crippen LogP contribution >= 0.6 is 0 Å². The fourth-order valence-corrected chi connectivity index (χ4v) is 7.94. The fourth-order valence-electron chi connectivity index (χ4n) is 7.94. The van der Waals surface area contributed by atoms with E-state index in [0.29, 0.717) is 0 Å². The summed E-state index contributed by atoms with van der Waals surface area (Å²) < 4.78 is 2.42. The Balaban J connectivity index is 1.16. The smallest absolute Gasteiger partial charge is 0.0541 e. The van der Waals surface area contributed by atoms with E-state index in [1.807, 2.05) is 36.9 Å². The van der Waals surface area contributed by atoms with Crippen molar-refractivity contribution in [1.29, 1.82) is 0 Å². The maximum absolute atomic E-state index is 4.43. The van der Waals surface area contributed by atoms with Crippen LogP contribution in [0, 0.1) is 0 Å². The minimum atomic E-state index is 0.802. The van der Waals surface area contributed by atoms with E-state index in [1.54, 1.807) is 0 Å². The number of hydrogen-bond acceptors (Lipinski definition) is 3. The van der Waals surface area contributed by atoms with E-state index in [-0.39, 0.29) is 0 Å². The number of pyridine rings is 2. The third-order valence-corrected chi connectivity index (χ3v) is 10.4. The zero-order valence-electron chi connectivity index (χ0n) is 28.5. The van der Waals surface area contributed by atoms with Gasteiger partial charge in [-0.05, 0) is 117 Å². The maximum atomic E-state index is 4.43. The molecule has 52 heavy (non-hydrogen) atoms. The summed E-state index contributed by atoms with van der Waals surface area (Å²) in [5, 5.41) is 2.54. The Morgan fingerprint density at radius 3 is 1.62 bits per heavy atom. The molecule has 0 aliphatic carbocycles. The minimum Gasteiger partial charge on any atom is -0.363 e. The van der Waals surface area contributed by atoms with Crippen molar-refractivity contribution in [1.82, 2.24) is 14.5 Å². The second-order valence-corrected chi connectivity index (χ2v) is 13.6. The van der Waals surface area contributed by atoms with Crippen molar-refractivity contribution in [2.45, 2.75) is 13.1 Å². The van der Waals surface area contributed by atoms with Crippen LogP contribution in [0.15, 0.2) is 183 Å². The molecule has 3 aromatic heterocycles. The molecule has 0 saturated heterocycles. The summed E-state index contributed by atoms with van der Waals surface area (Å²) in [6, 6.07) is 57.4. The first-order valence-electron chi connectivity index (χ1n) is 17.8. The van der Waals surface area contributed by atoms with E-state index in [4.69, 9.17) is 0 Å². The molecule has 6 aromatic carbocycles. The zero-order valence-corrected chi connectivity index (χ0v) is 28.5. The van der Waals surface area contributed by atoms with Crippen LogP contribution in [0.1, 0.15) is 11.1 Å². The molecule has 9 aromatic rings. The summed E-state index contributed by atoms with van der Waals surface area (Å²) in [5.41, 5.74) is 16.8. The van der Waals surface area contributed by atoms with E-state index in [0.717, 1.165) is 40.9 Å². The van der Waals surface area contributed by atoms with Crippen LogP contribution in [-0.2, 0) is 13.1 Å². The lowest BCUT2D eigenvalue weighted by Gasteiger charge is -2.24. The zero-order chi connectivity index (χ0) is 34.4. The molecule has 0 amide bonds. The largest absolute Gasteiger partial charge is 0.363 e. The molecular weight excluding hydrogens is 633 g/mol. The van der Waals surface area contributed by atoms with Crippen molar-refractivity contribution in [2.24, 2.45) is 0 Å². The molecular formula is C48H34N4. The number of benzene rings is 6. The van der Waals surface area contributed by atoms with Gasteiger partial charge < -0.3 is 9.47 Å². The molecule has 0 fully saturated rings. The summed E-state index contributed by atoms with van der Waals surface area (Å²) in [6.45, 7) is 1.62. The van der Waals surface area contributed by atoms with Gasteiger partial charge in [0.1, 0.15) is 0 Å². The van der Waals surface area contributed by atoms with Gasteiger partial charge in [-0.15, -0.1) is 0 Å². The second-order valence-electron chi connectivity index (χ2n) is 13.6. The standard InChI is InChI=1S/C48H34N4/c1-2-12-41(13-3-1)51-31-36-19-18-33(37-24-38(34-10-8-22-49-29-34)26-39(25-37)35-11-9-23-50-30-35)28-46(36)43-21-20-42(27-40(43)32-51)52-47-16-6-4-14-44(47)45-15-5-7-17-48(45)52/h1-30H,31-32H2. The Bertz CT molecular complexity index is 2620. The Kier molecular flexibility index (Phi) is 7.24. The Morgan fingerprint density at radius 2 is 0.981 bits per heavy atom. The molecule has 0 spiro atoms. The average Bonchev–Trinajstić information content (AvgIpc) is 3.46. The van der Waals surface area contributed by atoms with Gasteiger partial charge in [0.05, 0.1) is 11.0 Å². The van der Waals surface area contributed by atoms with Crippen LogP contribution in [0.5, 0.6) is 0 Å². The molecule has 0 atom stereocenters. The molecule has 0 radical (unpaired) electrons. The lowest BCUT2D eigenvalue weighted by molar-refractivity contribution is 0.812. The molecule has 0 unspecified atom stereocenters. The van der Waals surface area contributed by atoms with Gasteiger partial charge in [-0.2, -0.15) is 0 Å². The summed E-state index contributed by atoms with van der Waals surface area (Å²) in [7, 11) is 0. The highest BCUT2D eigenvalue weighted by Gasteiger charge is 2.22. The molecule has 1 aliphatic rings. The Labute approximate surface area is 302 Å². The third-order valence-electron chi connectivity index (χ3n) is 10.4. The number of anilines is 1. The van der Waals surface area contributed by atoms with E-state index in [9.17, 15) is 0 Å². The lowest BCUT2D eigenvalue weighted by Crippen LogP contribution is -2.20. The molecule has 0 saturated carbocycles. The van der Waals surface area contributed by atoms with Gasteiger partial charge in [0.25, 0.3) is 0 Å². The first-order chi connectivity index (χ1) is 25.8. The van der Waals surface area contributed by atoms with Crippen molar-refractivity contribution in [3.05, 3.63) is 194 Å². The molecule has 0 N–H and O–H groups in total. The van der Waals surface area contributed by atoms with Gasteiger partial charge in [0.2, 0.25) is 0 Å². The average molecular weight is 667 g/mol. The van der Waals surface area contributed by atoms with Crippen molar-refractivity contribution in [3.63, 3.8) is 0 Å². The summed E-state index contributed by atoms with van der Waals surface area (Å²) in [4.78, 5) is 11.4. The number of para-hydroxylation sites is 3. The normalized spacial score (nSPS) is 12.4. The van der Waals surface area contributed by atoms with Gasteiger partial charge in [0, 0.05) is 71.2 Å². The van der Waals surface area contributed by atoms with Crippen LogP contribution in [-0.4, -0.2) is 14.5 Å². The quantitative estimate of drug-likeness (QED) is 0.183. The number of rotatable bonds is 5. The van der Waals surface area contributed by atoms with Crippen LogP contribution in [0.25, 0.3) is 72.0 Å². The van der Waals surface area contributed by atoms with Crippen LogP contribution < -0.4 is 4.90 Å². The monoisotopic (exact) mass is 666 g/mol. The Morgan fingerprint density at radius 1 is 0.385 bits per heavy atom. The molecule has 0 bridgehead atoms. The predicted molar refractivity (Wildman–Crippen MR) is 214 cm³/mol. The van der Waals surface area contributed by atoms with Crippen molar-refractivity contribution < 1.29 is 0 Å². The van der Waals surface area contributed by atoms with Crippen molar-refractivity contribution in [2.75, 3.05) is 4.90 Å². The third kappa shape index (κ3) is 5.24. The van der Waals surface area contributed by atoms with Gasteiger partial charge >= 0.3 is 0 Å². The van der Waals surface area contributed by atoms with E-state index in [1.165, 1.54) is 61.0 Å². The first-order valence-corrected chi connectivity index (χ1v) is 17.8. The van der Waals surface area contributed by atoms with E-state index < -0.39 is 0 Å². The highest BCUT2D eigenvalue weighted by atomic mass is 15.1.